The average molecular weight is 829 g/mol. The SMILES string of the molecule is COC1C(n2cc(-c3csc(N(C(=O)OC(C)(C)C)C(=O)OC(C)(C)C)n3)nn2)[C@H]2OC(c3ccccc3)OCC2O[C@@H]1Sc1cc(Br)cnc1C#N. The van der Waals surface area contributed by atoms with Gasteiger partial charge < -0.3 is 28.4 Å². The topological polar surface area (TPSA) is 173 Å². The number of methoxy groups -OCH3 is 1. The van der Waals surface area contributed by atoms with E-state index in [1.807, 2.05) is 30.3 Å². The molecule has 1 aromatic carbocycles. The van der Waals surface area contributed by atoms with E-state index in [4.69, 9.17) is 28.4 Å². The van der Waals surface area contributed by atoms with E-state index in [-0.39, 0.29) is 17.4 Å². The number of amides is 2. The van der Waals surface area contributed by atoms with Gasteiger partial charge in [-0.2, -0.15) is 10.2 Å². The molecule has 2 aliphatic rings. The zero-order valence-electron chi connectivity index (χ0n) is 30.0. The van der Waals surface area contributed by atoms with Crippen LogP contribution in [-0.2, 0) is 28.4 Å². The number of halogens is 1. The molecule has 15 nitrogen and oxygen atoms in total. The first-order chi connectivity index (χ1) is 25.1. The van der Waals surface area contributed by atoms with Crippen LogP contribution in [-0.4, -0.2) is 85.8 Å². The van der Waals surface area contributed by atoms with Gasteiger partial charge in [-0.15, -0.1) is 16.4 Å². The Morgan fingerprint density at radius 3 is 2.42 bits per heavy atom. The number of nitrogens with zero attached hydrogens (tertiary/aromatic N) is 7. The number of hydrogen-bond acceptors (Lipinski definition) is 15. The minimum absolute atomic E-state index is 0.0322. The number of pyridine rings is 1. The zero-order chi connectivity index (χ0) is 38.1. The molecule has 2 aliphatic heterocycles. The van der Waals surface area contributed by atoms with Crippen molar-refractivity contribution < 1.29 is 38.0 Å². The Kier molecular flexibility index (Phi) is 11.5. The van der Waals surface area contributed by atoms with Gasteiger partial charge in [-0.1, -0.05) is 47.3 Å². The highest BCUT2D eigenvalue weighted by Crippen LogP contribution is 2.45. The molecule has 6 rings (SSSR count). The van der Waals surface area contributed by atoms with Crippen LogP contribution in [0.25, 0.3) is 11.4 Å². The van der Waals surface area contributed by atoms with Crippen molar-refractivity contribution in [3.05, 3.63) is 69.9 Å². The first kappa shape index (κ1) is 38.8. The number of hydrogen-bond donors (Lipinski definition) is 0. The second kappa shape index (κ2) is 15.8. The number of fused-ring (bicyclic) bond motifs is 1. The van der Waals surface area contributed by atoms with E-state index in [1.165, 1.54) is 11.8 Å². The quantitative estimate of drug-likeness (QED) is 0.182. The molecule has 6 atom stereocenters. The Morgan fingerprint density at radius 1 is 1.08 bits per heavy atom. The summed E-state index contributed by atoms with van der Waals surface area (Å²) in [6.45, 7) is 10.4. The van der Waals surface area contributed by atoms with Crippen molar-refractivity contribution in [1.29, 1.82) is 5.26 Å². The molecule has 0 aliphatic carbocycles. The third-order valence-electron chi connectivity index (χ3n) is 7.74. The Bertz CT molecular complexity index is 1950. The van der Waals surface area contributed by atoms with Gasteiger partial charge in [0.15, 0.2) is 12.0 Å². The number of thioether (sulfide) groups is 1. The number of thiazole rings is 1. The van der Waals surface area contributed by atoms with Crippen molar-refractivity contribution in [2.45, 2.75) is 93.7 Å². The van der Waals surface area contributed by atoms with Crippen LogP contribution >= 0.6 is 39.0 Å². The monoisotopic (exact) mass is 827 g/mol. The van der Waals surface area contributed by atoms with Crippen LogP contribution in [0.4, 0.5) is 14.7 Å². The van der Waals surface area contributed by atoms with E-state index in [2.05, 4.69) is 42.3 Å². The Labute approximate surface area is 323 Å². The predicted molar refractivity (Wildman–Crippen MR) is 197 cm³/mol. The van der Waals surface area contributed by atoms with Gasteiger partial charge in [-0.3, -0.25) is 0 Å². The number of carbonyl (C=O) groups is 2. The minimum atomic E-state index is -0.930. The van der Waals surface area contributed by atoms with Gasteiger partial charge in [0.25, 0.3) is 0 Å². The number of ether oxygens (including phenoxy) is 6. The van der Waals surface area contributed by atoms with Crippen molar-refractivity contribution in [1.82, 2.24) is 25.0 Å². The third kappa shape index (κ3) is 9.06. The Hall–Kier alpha value is -3.96. The van der Waals surface area contributed by atoms with Crippen LogP contribution in [0.3, 0.4) is 0 Å². The number of anilines is 1. The first-order valence-electron chi connectivity index (χ1n) is 16.5. The maximum atomic E-state index is 13.3. The molecule has 3 aromatic heterocycles. The molecule has 2 fully saturated rings. The molecule has 4 aromatic rings. The molecule has 2 saturated heterocycles. The maximum absolute atomic E-state index is 13.3. The van der Waals surface area contributed by atoms with Crippen LogP contribution in [0.2, 0.25) is 0 Å². The van der Waals surface area contributed by atoms with Gasteiger partial charge >= 0.3 is 12.2 Å². The lowest BCUT2D eigenvalue weighted by atomic mass is 9.95. The summed E-state index contributed by atoms with van der Waals surface area (Å²) in [7, 11) is 1.57. The first-order valence-corrected chi connectivity index (χ1v) is 19.1. The van der Waals surface area contributed by atoms with E-state index < -0.39 is 59.5 Å². The smallest absolute Gasteiger partial charge is 0.426 e. The van der Waals surface area contributed by atoms with Crippen molar-refractivity contribution in [2.75, 3.05) is 18.6 Å². The molecule has 0 bridgehead atoms. The average Bonchev–Trinajstić information content (AvgIpc) is 3.77. The number of benzene rings is 1. The van der Waals surface area contributed by atoms with E-state index in [9.17, 15) is 14.9 Å². The molecule has 0 saturated carbocycles. The van der Waals surface area contributed by atoms with Gasteiger partial charge in [0.2, 0.25) is 5.13 Å². The van der Waals surface area contributed by atoms with Gasteiger partial charge in [-0.05, 0) is 63.5 Å². The molecular weight excluding hydrogens is 790 g/mol. The molecule has 0 N–H and O–H groups in total. The summed E-state index contributed by atoms with van der Waals surface area (Å²) in [5.74, 6) is 0. The normalized spacial score (nSPS) is 23.1. The van der Waals surface area contributed by atoms with Crippen molar-refractivity contribution in [2.24, 2.45) is 0 Å². The van der Waals surface area contributed by atoms with Gasteiger partial charge in [0.1, 0.15) is 58.4 Å². The summed E-state index contributed by atoms with van der Waals surface area (Å²) < 4.78 is 38.8. The minimum Gasteiger partial charge on any atom is -0.443 e. The van der Waals surface area contributed by atoms with Crippen molar-refractivity contribution in [3.8, 4) is 17.5 Å². The lowest BCUT2D eigenvalue weighted by molar-refractivity contribution is -0.308. The lowest BCUT2D eigenvalue weighted by Crippen LogP contribution is -2.59. The highest BCUT2D eigenvalue weighted by Gasteiger charge is 2.52. The van der Waals surface area contributed by atoms with E-state index >= 15 is 0 Å². The van der Waals surface area contributed by atoms with Crippen LogP contribution in [0.15, 0.2) is 63.5 Å². The largest absolute Gasteiger partial charge is 0.443 e. The van der Waals surface area contributed by atoms with Crippen LogP contribution < -0.4 is 4.90 Å². The molecular formula is C35H38BrN7O8S2. The molecule has 0 radical (unpaired) electrons. The van der Waals surface area contributed by atoms with Crippen LogP contribution in [0.5, 0.6) is 0 Å². The fourth-order valence-electron chi connectivity index (χ4n) is 5.58. The summed E-state index contributed by atoms with van der Waals surface area (Å²) in [5, 5.41) is 20.4. The van der Waals surface area contributed by atoms with Gasteiger partial charge in [0.05, 0.1) is 12.8 Å². The summed E-state index contributed by atoms with van der Waals surface area (Å²) in [6.07, 6.45) is -1.11. The highest BCUT2D eigenvalue weighted by molar-refractivity contribution is 9.10. The van der Waals surface area contributed by atoms with Crippen molar-refractivity contribution in [3.63, 3.8) is 0 Å². The molecule has 53 heavy (non-hydrogen) atoms. The maximum Gasteiger partial charge on any atom is 0.426 e. The third-order valence-corrected chi connectivity index (χ3v) is 10.2. The van der Waals surface area contributed by atoms with Crippen LogP contribution in [0.1, 0.15) is 65.1 Å². The number of aromatic nitrogens is 5. The lowest BCUT2D eigenvalue weighted by Gasteiger charge is -2.48. The molecule has 4 unspecified atom stereocenters. The highest BCUT2D eigenvalue weighted by atomic mass is 79.9. The van der Waals surface area contributed by atoms with Crippen LogP contribution in [0, 0.1) is 11.3 Å². The van der Waals surface area contributed by atoms with E-state index in [1.54, 1.807) is 77.2 Å². The standard InChI is InChI=1S/C35H38BrN7O8S2/c1-34(2,3)50-32(44)43(33(45)51-35(4,5)6)31-39-23(18-52-31)22-16-42(41-40-22)26-27-24(17-47-29(49-27)19-11-9-8-10-12-19)48-30(28(26)46-7)53-25-13-20(36)15-38-21(25)14-37/h8-13,15-16,18,24,26-30H,17H2,1-7H3/t24?,26?,27-,28?,29?,30+/m0/s1. The fraction of sp³-hybridized carbons (Fsp3) is 0.457. The van der Waals surface area contributed by atoms with Gasteiger partial charge in [0, 0.05) is 33.6 Å². The summed E-state index contributed by atoms with van der Waals surface area (Å²) in [5.41, 5.74) is -0.628. The number of imide groups is 1. The van der Waals surface area contributed by atoms with Gasteiger partial charge in [-0.25, -0.2) is 24.2 Å². The molecule has 0 spiro atoms. The van der Waals surface area contributed by atoms with E-state index in [0.717, 1.165) is 21.8 Å². The Morgan fingerprint density at radius 2 is 1.77 bits per heavy atom. The second-order valence-corrected chi connectivity index (χ2v) is 16.9. The summed E-state index contributed by atoms with van der Waals surface area (Å²) >= 11 is 5.79. The predicted octanol–water partition coefficient (Wildman–Crippen LogP) is 7.29. The van der Waals surface area contributed by atoms with Crippen molar-refractivity contribution >= 4 is 56.3 Å². The van der Waals surface area contributed by atoms with E-state index in [0.29, 0.717) is 20.8 Å². The molecule has 280 valence electrons. The summed E-state index contributed by atoms with van der Waals surface area (Å²) in [6, 6.07) is 12.9. The zero-order valence-corrected chi connectivity index (χ0v) is 33.2. The number of carbonyl (C=O) groups excluding carboxylic acids is 2. The molecule has 18 heteroatoms. The molecule has 2 amide bonds. The fourth-order valence-corrected chi connectivity index (χ4v) is 8.12. The number of nitriles is 1. The summed E-state index contributed by atoms with van der Waals surface area (Å²) in [4.78, 5) is 36.7. The Balaban J connectivity index is 1.34. The second-order valence-electron chi connectivity index (χ2n) is 14.0. The number of rotatable bonds is 7. The molecule has 5 heterocycles.